The van der Waals surface area contributed by atoms with Gasteiger partial charge in [0.1, 0.15) is 0 Å². The van der Waals surface area contributed by atoms with Gasteiger partial charge in [-0.1, -0.05) is 18.2 Å². The predicted octanol–water partition coefficient (Wildman–Crippen LogP) is 3.08. The van der Waals surface area contributed by atoms with Crippen LogP contribution in [0.25, 0.3) is 0 Å². The quantitative estimate of drug-likeness (QED) is 0.719. The summed E-state index contributed by atoms with van der Waals surface area (Å²) in [4.78, 5) is 2.47. The molecule has 0 N–H and O–H groups in total. The maximum Gasteiger partial charge on any atom is 0.0752 e. The number of ether oxygens (including phenoxy) is 1. The Morgan fingerprint density at radius 3 is 1.88 bits per heavy atom. The van der Waals surface area contributed by atoms with Crippen LogP contribution in [-0.4, -0.2) is 24.3 Å². The SMILES string of the molecule is CC1OC(C)C(C)N(c2ccccc2)C1C. The lowest BCUT2D eigenvalue weighted by Crippen LogP contribution is -2.57. The van der Waals surface area contributed by atoms with Crippen LogP contribution in [-0.2, 0) is 4.74 Å². The number of morpholine rings is 1. The first kappa shape index (κ1) is 11.5. The third kappa shape index (κ3) is 1.94. The van der Waals surface area contributed by atoms with Gasteiger partial charge < -0.3 is 9.64 Å². The monoisotopic (exact) mass is 219 g/mol. The molecule has 88 valence electrons. The van der Waals surface area contributed by atoms with E-state index in [1.165, 1.54) is 5.69 Å². The van der Waals surface area contributed by atoms with Crippen LogP contribution in [0.1, 0.15) is 27.7 Å². The Morgan fingerprint density at radius 1 is 0.875 bits per heavy atom. The van der Waals surface area contributed by atoms with Gasteiger partial charge in [0.25, 0.3) is 0 Å². The fourth-order valence-electron chi connectivity index (χ4n) is 2.46. The topological polar surface area (TPSA) is 12.5 Å². The summed E-state index contributed by atoms with van der Waals surface area (Å²) in [6.45, 7) is 8.78. The molecule has 16 heavy (non-hydrogen) atoms. The molecule has 1 saturated heterocycles. The van der Waals surface area contributed by atoms with Crippen molar-refractivity contribution in [1.82, 2.24) is 0 Å². The van der Waals surface area contributed by atoms with Crippen molar-refractivity contribution >= 4 is 5.69 Å². The number of hydrogen-bond donors (Lipinski definition) is 0. The summed E-state index contributed by atoms with van der Waals surface area (Å²) in [5.41, 5.74) is 1.30. The molecular weight excluding hydrogens is 198 g/mol. The third-order valence-electron chi connectivity index (χ3n) is 3.72. The molecule has 1 heterocycles. The van der Waals surface area contributed by atoms with Gasteiger partial charge in [-0.2, -0.15) is 0 Å². The lowest BCUT2D eigenvalue weighted by molar-refractivity contribution is -0.0459. The number of anilines is 1. The standard InChI is InChI=1S/C14H21NO/c1-10-12(3)16-13(4)11(2)15(10)14-8-6-5-7-9-14/h5-13H,1-4H3. The van der Waals surface area contributed by atoms with Crippen molar-refractivity contribution in [2.75, 3.05) is 4.90 Å². The molecule has 1 aromatic rings. The van der Waals surface area contributed by atoms with E-state index in [1.807, 2.05) is 0 Å². The summed E-state index contributed by atoms with van der Waals surface area (Å²) in [5, 5.41) is 0. The third-order valence-corrected chi connectivity index (χ3v) is 3.72. The maximum absolute atomic E-state index is 5.92. The van der Waals surface area contributed by atoms with E-state index in [1.54, 1.807) is 0 Å². The molecule has 0 bridgehead atoms. The summed E-state index contributed by atoms with van der Waals surface area (Å²) in [6.07, 6.45) is 0.567. The molecule has 1 aromatic carbocycles. The number of para-hydroxylation sites is 1. The molecule has 1 aliphatic rings. The summed E-state index contributed by atoms with van der Waals surface area (Å²) in [5.74, 6) is 0. The van der Waals surface area contributed by atoms with E-state index in [2.05, 4.69) is 62.9 Å². The van der Waals surface area contributed by atoms with Crippen LogP contribution >= 0.6 is 0 Å². The summed E-state index contributed by atoms with van der Waals surface area (Å²) in [7, 11) is 0. The van der Waals surface area contributed by atoms with Crippen LogP contribution < -0.4 is 4.90 Å². The first-order chi connectivity index (χ1) is 7.61. The van der Waals surface area contributed by atoms with Crippen molar-refractivity contribution in [3.05, 3.63) is 30.3 Å². The highest BCUT2D eigenvalue weighted by Crippen LogP contribution is 2.29. The minimum Gasteiger partial charge on any atom is -0.371 e. The molecule has 1 aliphatic heterocycles. The average molecular weight is 219 g/mol. The molecule has 4 unspecified atom stereocenters. The Bertz CT molecular complexity index is 324. The summed E-state index contributed by atoms with van der Waals surface area (Å²) >= 11 is 0. The zero-order valence-electron chi connectivity index (χ0n) is 10.6. The van der Waals surface area contributed by atoms with Crippen LogP contribution in [0.4, 0.5) is 5.69 Å². The fraction of sp³-hybridized carbons (Fsp3) is 0.571. The van der Waals surface area contributed by atoms with Gasteiger partial charge >= 0.3 is 0 Å². The number of nitrogens with zero attached hydrogens (tertiary/aromatic N) is 1. The van der Waals surface area contributed by atoms with Crippen molar-refractivity contribution < 1.29 is 4.74 Å². The van der Waals surface area contributed by atoms with Crippen molar-refractivity contribution in [2.45, 2.75) is 52.0 Å². The molecule has 4 atom stereocenters. The summed E-state index contributed by atoms with van der Waals surface area (Å²) < 4.78 is 5.92. The Balaban J connectivity index is 2.30. The molecule has 2 heteroatoms. The molecule has 0 aromatic heterocycles. The van der Waals surface area contributed by atoms with Crippen molar-refractivity contribution in [3.8, 4) is 0 Å². The van der Waals surface area contributed by atoms with E-state index in [0.29, 0.717) is 12.1 Å². The van der Waals surface area contributed by atoms with E-state index in [4.69, 9.17) is 4.74 Å². The Hall–Kier alpha value is -1.02. The zero-order valence-corrected chi connectivity index (χ0v) is 10.6. The zero-order chi connectivity index (χ0) is 11.7. The van der Waals surface area contributed by atoms with E-state index < -0.39 is 0 Å². The highest BCUT2D eigenvalue weighted by Gasteiger charge is 2.35. The van der Waals surface area contributed by atoms with Crippen LogP contribution in [0.5, 0.6) is 0 Å². The van der Waals surface area contributed by atoms with Crippen LogP contribution in [0, 0.1) is 0 Å². The van der Waals surface area contributed by atoms with Crippen LogP contribution in [0.15, 0.2) is 30.3 Å². The lowest BCUT2D eigenvalue weighted by atomic mass is 10.0. The molecule has 0 aliphatic carbocycles. The highest BCUT2D eigenvalue weighted by molar-refractivity contribution is 5.49. The molecule has 2 nitrogen and oxygen atoms in total. The lowest BCUT2D eigenvalue weighted by Gasteiger charge is -2.47. The van der Waals surface area contributed by atoms with E-state index >= 15 is 0 Å². The van der Waals surface area contributed by atoms with Gasteiger partial charge in [0.05, 0.1) is 24.3 Å². The minimum atomic E-state index is 0.284. The van der Waals surface area contributed by atoms with Gasteiger partial charge in [-0.3, -0.25) is 0 Å². The number of hydrogen-bond acceptors (Lipinski definition) is 2. The number of rotatable bonds is 1. The highest BCUT2D eigenvalue weighted by atomic mass is 16.5. The molecular formula is C14H21NO. The fourth-order valence-corrected chi connectivity index (χ4v) is 2.46. The van der Waals surface area contributed by atoms with Gasteiger partial charge in [0.2, 0.25) is 0 Å². The van der Waals surface area contributed by atoms with Gasteiger partial charge in [0.15, 0.2) is 0 Å². The molecule has 0 amide bonds. The second-order valence-corrected chi connectivity index (χ2v) is 4.77. The molecule has 0 saturated carbocycles. The van der Waals surface area contributed by atoms with E-state index in [9.17, 15) is 0 Å². The first-order valence-corrected chi connectivity index (χ1v) is 6.10. The van der Waals surface area contributed by atoms with Crippen molar-refractivity contribution in [3.63, 3.8) is 0 Å². The van der Waals surface area contributed by atoms with Crippen molar-refractivity contribution in [1.29, 1.82) is 0 Å². The van der Waals surface area contributed by atoms with Crippen LogP contribution in [0.3, 0.4) is 0 Å². The first-order valence-electron chi connectivity index (χ1n) is 6.10. The Kier molecular flexibility index (Phi) is 3.20. The Labute approximate surface area is 98.2 Å². The minimum absolute atomic E-state index is 0.284. The smallest absolute Gasteiger partial charge is 0.0752 e. The molecule has 2 rings (SSSR count). The predicted molar refractivity (Wildman–Crippen MR) is 67.9 cm³/mol. The van der Waals surface area contributed by atoms with E-state index in [-0.39, 0.29) is 12.2 Å². The van der Waals surface area contributed by atoms with Crippen molar-refractivity contribution in [2.24, 2.45) is 0 Å². The Morgan fingerprint density at radius 2 is 1.38 bits per heavy atom. The van der Waals surface area contributed by atoms with Gasteiger partial charge in [-0.25, -0.2) is 0 Å². The molecule has 1 fully saturated rings. The molecule has 0 radical (unpaired) electrons. The van der Waals surface area contributed by atoms with Gasteiger partial charge in [0, 0.05) is 5.69 Å². The molecule has 0 spiro atoms. The average Bonchev–Trinajstić information content (AvgIpc) is 2.28. The largest absolute Gasteiger partial charge is 0.371 e. The number of benzene rings is 1. The van der Waals surface area contributed by atoms with Gasteiger partial charge in [-0.05, 0) is 39.8 Å². The van der Waals surface area contributed by atoms with Crippen LogP contribution in [0.2, 0.25) is 0 Å². The second kappa shape index (κ2) is 4.46. The van der Waals surface area contributed by atoms with E-state index in [0.717, 1.165) is 0 Å². The second-order valence-electron chi connectivity index (χ2n) is 4.77. The van der Waals surface area contributed by atoms with Gasteiger partial charge in [-0.15, -0.1) is 0 Å². The summed E-state index contributed by atoms with van der Waals surface area (Å²) in [6, 6.07) is 11.5. The maximum atomic E-state index is 5.92. The normalized spacial score (nSPS) is 35.1.